The Bertz CT molecular complexity index is 500. The second kappa shape index (κ2) is 8.54. The van der Waals surface area contributed by atoms with Crippen LogP contribution in [0.4, 0.5) is 0 Å². The molecule has 0 spiro atoms. The topological polar surface area (TPSA) is 95.4 Å². The third kappa shape index (κ3) is 5.28. The van der Waals surface area contributed by atoms with Crippen LogP contribution < -0.4 is 16.2 Å². The molecule has 0 radical (unpaired) electrons. The molecule has 116 valence electrons. The summed E-state index contributed by atoms with van der Waals surface area (Å²) >= 11 is 0. The summed E-state index contributed by atoms with van der Waals surface area (Å²) in [5.41, 5.74) is 12.6. The van der Waals surface area contributed by atoms with E-state index in [4.69, 9.17) is 16.2 Å². The minimum Gasteiger partial charge on any atom is -0.496 e. The highest BCUT2D eigenvalue weighted by molar-refractivity contribution is 5.97. The lowest BCUT2D eigenvalue weighted by Crippen LogP contribution is -2.31. The third-order valence-corrected chi connectivity index (χ3v) is 3.40. The molecule has 0 aromatic heterocycles. The van der Waals surface area contributed by atoms with Gasteiger partial charge < -0.3 is 16.2 Å². The number of benzene rings is 1. The van der Waals surface area contributed by atoms with E-state index < -0.39 is 6.04 Å². The van der Waals surface area contributed by atoms with Crippen molar-refractivity contribution in [2.45, 2.75) is 38.6 Å². The van der Waals surface area contributed by atoms with Crippen molar-refractivity contribution in [3.63, 3.8) is 0 Å². The summed E-state index contributed by atoms with van der Waals surface area (Å²) in [5.74, 6) is 0.408. The molecular weight excluding hydrogens is 268 g/mol. The molecule has 0 aliphatic carbocycles. The molecule has 1 aromatic carbocycles. The average molecular weight is 292 g/mol. The van der Waals surface area contributed by atoms with Crippen molar-refractivity contribution in [2.75, 3.05) is 13.7 Å². The van der Waals surface area contributed by atoms with Gasteiger partial charge in [0.05, 0.1) is 18.7 Å². The van der Waals surface area contributed by atoms with Gasteiger partial charge in [-0.15, -0.1) is 0 Å². The number of ketones is 2. The maximum Gasteiger partial charge on any atom is 0.163 e. The molecule has 21 heavy (non-hydrogen) atoms. The van der Waals surface area contributed by atoms with E-state index in [1.807, 2.05) is 0 Å². The first-order valence-electron chi connectivity index (χ1n) is 7.15. The van der Waals surface area contributed by atoms with Crippen LogP contribution in [0, 0.1) is 0 Å². The number of methoxy groups -OCH3 is 1. The van der Waals surface area contributed by atoms with Gasteiger partial charge in [0, 0.05) is 6.42 Å². The number of Topliss-reactive ketones (excluding diaryl/α,β-unsaturated/α-hetero) is 2. The lowest BCUT2D eigenvalue weighted by molar-refractivity contribution is -0.119. The number of hydrogen-bond donors (Lipinski definition) is 2. The number of unbranched alkanes of at least 4 members (excludes halogenated alkanes) is 1. The predicted molar refractivity (Wildman–Crippen MR) is 82.6 cm³/mol. The SMILES string of the molecule is COc1ccc(CC(=O)[C@@H](N)CCCCN)cc1C(C)=O. The van der Waals surface area contributed by atoms with Crippen LogP contribution in [0.25, 0.3) is 0 Å². The monoisotopic (exact) mass is 292 g/mol. The van der Waals surface area contributed by atoms with E-state index in [-0.39, 0.29) is 18.0 Å². The van der Waals surface area contributed by atoms with Crippen LogP contribution in [0.3, 0.4) is 0 Å². The van der Waals surface area contributed by atoms with E-state index in [0.29, 0.717) is 24.3 Å². The third-order valence-electron chi connectivity index (χ3n) is 3.40. The highest BCUT2D eigenvalue weighted by atomic mass is 16.5. The minimum atomic E-state index is -0.473. The molecule has 0 heterocycles. The van der Waals surface area contributed by atoms with E-state index >= 15 is 0 Å². The molecule has 0 unspecified atom stereocenters. The van der Waals surface area contributed by atoms with Crippen LogP contribution in [0.5, 0.6) is 5.75 Å². The Hall–Kier alpha value is -1.72. The quantitative estimate of drug-likeness (QED) is 0.531. The fourth-order valence-corrected chi connectivity index (χ4v) is 2.14. The van der Waals surface area contributed by atoms with Gasteiger partial charge in [0.15, 0.2) is 11.6 Å². The molecule has 0 amide bonds. The molecule has 0 bridgehead atoms. The molecule has 0 fully saturated rings. The average Bonchev–Trinajstić information content (AvgIpc) is 2.47. The Labute approximate surface area is 125 Å². The van der Waals surface area contributed by atoms with Crippen molar-refractivity contribution in [2.24, 2.45) is 11.5 Å². The summed E-state index contributed by atoms with van der Waals surface area (Å²) in [6.45, 7) is 2.09. The molecule has 5 heteroatoms. The number of carbonyl (C=O) groups is 2. The van der Waals surface area contributed by atoms with Gasteiger partial charge in [-0.2, -0.15) is 0 Å². The van der Waals surface area contributed by atoms with Crippen molar-refractivity contribution in [1.29, 1.82) is 0 Å². The zero-order chi connectivity index (χ0) is 15.8. The Kier molecular flexibility index (Phi) is 7.05. The Morgan fingerprint density at radius 1 is 1.29 bits per heavy atom. The fourth-order valence-electron chi connectivity index (χ4n) is 2.14. The zero-order valence-electron chi connectivity index (χ0n) is 12.7. The number of hydrogen-bond acceptors (Lipinski definition) is 5. The summed E-state index contributed by atoms with van der Waals surface area (Å²) in [6.07, 6.45) is 2.60. The summed E-state index contributed by atoms with van der Waals surface area (Å²) in [7, 11) is 1.51. The van der Waals surface area contributed by atoms with Crippen LogP contribution in [0.1, 0.15) is 42.1 Å². The van der Waals surface area contributed by atoms with Gasteiger partial charge in [-0.05, 0) is 44.0 Å². The second-order valence-electron chi connectivity index (χ2n) is 5.12. The highest BCUT2D eigenvalue weighted by Gasteiger charge is 2.15. The van der Waals surface area contributed by atoms with E-state index in [2.05, 4.69) is 0 Å². The van der Waals surface area contributed by atoms with Gasteiger partial charge in [-0.1, -0.05) is 12.5 Å². The first-order valence-corrected chi connectivity index (χ1v) is 7.15. The lowest BCUT2D eigenvalue weighted by Gasteiger charge is -2.12. The van der Waals surface area contributed by atoms with Gasteiger partial charge in [-0.25, -0.2) is 0 Å². The Morgan fingerprint density at radius 3 is 2.57 bits per heavy atom. The molecule has 0 aliphatic heterocycles. The van der Waals surface area contributed by atoms with Crippen LogP contribution >= 0.6 is 0 Å². The molecule has 0 saturated carbocycles. The molecule has 0 saturated heterocycles. The smallest absolute Gasteiger partial charge is 0.163 e. The predicted octanol–water partition coefficient (Wildman–Crippen LogP) is 1.47. The summed E-state index contributed by atoms with van der Waals surface area (Å²) in [5, 5.41) is 0. The summed E-state index contributed by atoms with van der Waals surface area (Å²) in [4.78, 5) is 23.6. The van der Waals surface area contributed by atoms with Crippen molar-refractivity contribution < 1.29 is 14.3 Å². The standard InChI is InChI=1S/C16H24N2O3/c1-11(19)13-9-12(6-7-16(13)21-2)10-15(20)14(18)5-3-4-8-17/h6-7,9,14H,3-5,8,10,17-18H2,1-2H3/t14-/m0/s1. The van der Waals surface area contributed by atoms with Crippen LogP contribution in [0.15, 0.2) is 18.2 Å². The number of carbonyl (C=O) groups excluding carboxylic acids is 2. The first-order chi connectivity index (χ1) is 9.99. The van der Waals surface area contributed by atoms with E-state index in [9.17, 15) is 9.59 Å². The van der Waals surface area contributed by atoms with Crippen molar-refractivity contribution in [1.82, 2.24) is 0 Å². The Balaban J connectivity index is 2.72. The first kappa shape index (κ1) is 17.3. The minimum absolute atomic E-state index is 0.0216. The van der Waals surface area contributed by atoms with Crippen molar-refractivity contribution in [3.8, 4) is 5.75 Å². The Morgan fingerprint density at radius 2 is 2.00 bits per heavy atom. The second-order valence-corrected chi connectivity index (χ2v) is 5.12. The van der Waals surface area contributed by atoms with Gasteiger partial charge >= 0.3 is 0 Å². The fraction of sp³-hybridized carbons (Fsp3) is 0.500. The summed E-state index contributed by atoms with van der Waals surface area (Å²) < 4.78 is 5.14. The summed E-state index contributed by atoms with van der Waals surface area (Å²) in [6, 6.07) is 4.72. The largest absolute Gasteiger partial charge is 0.496 e. The van der Waals surface area contributed by atoms with Crippen LogP contribution in [0.2, 0.25) is 0 Å². The maximum absolute atomic E-state index is 12.1. The number of nitrogens with two attached hydrogens (primary N) is 2. The normalized spacial score (nSPS) is 12.0. The highest BCUT2D eigenvalue weighted by Crippen LogP contribution is 2.21. The van der Waals surface area contributed by atoms with Crippen molar-refractivity contribution in [3.05, 3.63) is 29.3 Å². The molecule has 1 atom stereocenters. The van der Waals surface area contributed by atoms with Crippen LogP contribution in [-0.4, -0.2) is 31.3 Å². The number of rotatable bonds is 9. The van der Waals surface area contributed by atoms with Gasteiger partial charge in [0.2, 0.25) is 0 Å². The van der Waals surface area contributed by atoms with Gasteiger partial charge in [0.1, 0.15) is 5.75 Å². The maximum atomic E-state index is 12.1. The van der Waals surface area contributed by atoms with Crippen LogP contribution in [-0.2, 0) is 11.2 Å². The molecule has 1 aromatic rings. The molecule has 1 rings (SSSR count). The van der Waals surface area contributed by atoms with E-state index in [0.717, 1.165) is 18.4 Å². The molecule has 5 nitrogen and oxygen atoms in total. The zero-order valence-corrected chi connectivity index (χ0v) is 12.7. The van der Waals surface area contributed by atoms with E-state index in [1.54, 1.807) is 18.2 Å². The molecular formula is C16H24N2O3. The lowest BCUT2D eigenvalue weighted by atomic mass is 9.98. The van der Waals surface area contributed by atoms with Gasteiger partial charge in [-0.3, -0.25) is 9.59 Å². The van der Waals surface area contributed by atoms with Crippen molar-refractivity contribution >= 4 is 11.6 Å². The molecule has 4 N–H and O–H groups in total. The molecule has 0 aliphatic rings. The number of ether oxygens (including phenoxy) is 1. The van der Waals surface area contributed by atoms with E-state index in [1.165, 1.54) is 14.0 Å². The van der Waals surface area contributed by atoms with Gasteiger partial charge in [0.25, 0.3) is 0 Å².